The first-order valence-electron chi connectivity index (χ1n) is 5.79. The minimum Gasteiger partial charge on any atom is -0.368 e. The molecular weight excluding hydrogens is 266 g/mol. The van der Waals surface area contributed by atoms with Gasteiger partial charge in [-0.15, -0.1) is 11.8 Å². The summed E-state index contributed by atoms with van der Waals surface area (Å²) in [5.74, 6) is 0.269. The molecule has 0 aliphatic heterocycles. The van der Waals surface area contributed by atoms with E-state index in [4.69, 9.17) is 11.5 Å². The second-order valence-electron chi connectivity index (χ2n) is 4.48. The topological polar surface area (TPSA) is 112 Å². The minimum atomic E-state index is -0.976. The fraction of sp³-hybridized carbons (Fsp3) is 0.417. The van der Waals surface area contributed by atoms with Crippen LogP contribution >= 0.6 is 11.8 Å². The Balaban J connectivity index is 2.38. The summed E-state index contributed by atoms with van der Waals surface area (Å²) in [6, 6.07) is 6.36. The Morgan fingerprint density at radius 2 is 2.00 bits per heavy atom. The molecule has 0 bridgehead atoms. The number of amides is 1. The van der Waals surface area contributed by atoms with Crippen molar-refractivity contribution in [2.75, 3.05) is 5.75 Å². The Bertz CT molecular complexity index is 460. The third-order valence-corrected chi connectivity index (χ3v) is 3.82. The lowest BCUT2D eigenvalue weighted by molar-refractivity contribution is -0.384. The van der Waals surface area contributed by atoms with Gasteiger partial charge in [0.15, 0.2) is 0 Å². The van der Waals surface area contributed by atoms with Crippen LogP contribution in [-0.2, 0) is 4.79 Å². The van der Waals surface area contributed by atoms with Gasteiger partial charge in [0.05, 0.1) is 10.5 Å². The lowest BCUT2D eigenvalue weighted by Gasteiger charge is -2.19. The van der Waals surface area contributed by atoms with E-state index in [1.807, 2.05) is 0 Å². The highest BCUT2D eigenvalue weighted by Gasteiger charge is 2.24. The summed E-state index contributed by atoms with van der Waals surface area (Å²) < 4.78 is 0. The van der Waals surface area contributed by atoms with Crippen molar-refractivity contribution in [3.05, 3.63) is 34.4 Å². The van der Waals surface area contributed by atoms with E-state index < -0.39 is 16.4 Å². The van der Waals surface area contributed by atoms with E-state index in [1.54, 1.807) is 30.8 Å². The molecule has 0 fully saturated rings. The third-order valence-electron chi connectivity index (χ3n) is 2.72. The SMILES string of the molecule is CC(N)(CCCSc1ccc([N+](=O)[O-])cc1)C(N)=O. The zero-order chi connectivity index (χ0) is 14.5. The molecule has 0 aromatic heterocycles. The Kier molecular flexibility index (Phi) is 5.31. The third kappa shape index (κ3) is 4.88. The number of nitrogens with two attached hydrogens (primary N) is 2. The van der Waals surface area contributed by atoms with Gasteiger partial charge in [-0.05, 0) is 37.7 Å². The van der Waals surface area contributed by atoms with Crippen molar-refractivity contribution in [1.29, 1.82) is 0 Å². The van der Waals surface area contributed by atoms with E-state index in [0.29, 0.717) is 6.42 Å². The summed E-state index contributed by atoms with van der Waals surface area (Å²) in [4.78, 5) is 22.0. The van der Waals surface area contributed by atoms with E-state index in [1.165, 1.54) is 12.1 Å². The molecule has 1 aromatic carbocycles. The predicted octanol–water partition coefficient (Wildman–Crippen LogP) is 1.67. The van der Waals surface area contributed by atoms with Gasteiger partial charge in [-0.1, -0.05) is 0 Å². The summed E-state index contributed by atoms with van der Waals surface area (Å²) in [6.07, 6.45) is 1.26. The zero-order valence-electron chi connectivity index (χ0n) is 10.7. The van der Waals surface area contributed by atoms with Gasteiger partial charge in [-0.2, -0.15) is 0 Å². The van der Waals surface area contributed by atoms with Crippen LogP contribution in [0, 0.1) is 10.1 Å². The number of benzene rings is 1. The molecule has 7 heteroatoms. The molecular formula is C12H17N3O3S. The normalized spacial score (nSPS) is 13.8. The molecule has 1 unspecified atom stereocenters. The number of carbonyl (C=O) groups is 1. The number of rotatable bonds is 7. The highest BCUT2D eigenvalue weighted by molar-refractivity contribution is 7.99. The molecule has 0 saturated heterocycles. The van der Waals surface area contributed by atoms with Crippen LogP contribution in [-0.4, -0.2) is 22.1 Å². The summed E-state index contributed by atoms with van der Waals surface area (Å²) in [7, 11) is 0. The lowest BCUT2D eigenvalue weighted by Crippen LogP contribution is -2.49. The number of thioether (sulfide) groups is 1. The van der Waals surface area contributed by atoms with E-state index in [-0.39, 0.29) is 5.69 Å². The van der Waals surface area contributed by atoms with Crippen molar-refractivity contribution >= 4 is 23.4 Å². The van der Waals surface area contributed by atoms with Gasteiger partial charge in [0, 0.05) is 17.0 Å². The van der Waals surface area contributed by atoms with Crippen molar-refractivity contribution < 1.29 is 9.72 Å². The smallest absolute Gasteiger partial charge is 0.269 e. The molecule has 1 aromatic rings. The fourth-order valence-corrected chi connectivity index (χ4v) is 2.27. The first kappa shape index (κ1) is 15.5. The molecule has 1 amide bonds. The maximum Gasteiger partial charge on any atom is 0.269 e. The van der Waals surface area contributed by atoms with E-state index in [2.05, 4.69) is 0 Å². The highest BCUT2D eigenvalue weighted by Crippen LogP contribution is 2.23. The molecule has 1 rings (SSSR count). The number of non-ortho nitro benzene ring substituents is 1. The summed E-state index contributed by atoms with van der Waals surface area (Å²) in [5, 5.41) is 10.5. The number of nitro benzene ring substituents is 1. The molecule has 0 saturated carbocycles. The molecule has 4 N–H and O–H groups in total. The van der Waals surface area contributed by atoms with Crippen LogP contribution in [0.1, 0.15) is 19.8 Å². The van der Waals surface area contributed by atoms with Crippen molar-refractivity contribution in [1.82, 2.24) is 0 Å². The number of hydrogen-bond donors (Lipinski definition) is 2. The molecule has 0 aliphatic carbocycles. The van der Waals surface area contributed by atoms with Crippen LogP contribution in [0.25, 0.3) is 0 Å². The molecule has 0 aliphatic rings. The van der Waals surface area contributed by atoms with Crippen LogP contribution in [0.3, 0.4) is 0 Å². The second kappa shape index (κ2) is 6.53. The maximum atomic E-state index is 11.0. The van der Waals surface area contributed by atoms with Gasteiger partial charge in [0.25, 0.3) is 5.69 Å². The quantitative estimate of drug-likeness (QED) is 0.342. The number of nitro groups is 1. The van der Waals surface area contributed by atoms with Crippen molar-refractivity contribution in [3.8, 4) is 0 Å². The Morgan fingerprint density at radius 3 is 2.47 bits per heavy atom. The fourth-order valence-electron chi connectivity index (χ4n) is 1.42. The Hall–Kier alpha value is -1.60. The Labute approximate surface area is 115 Å². The Morgan fingerprint density at radius 1 is 1.42 bits per heavy atom. The maximum absolute atomic E-state index is 11.0. The molecule has 1 atom stereocenters. The number of primary amides is 1. The minimum absolute atomic E-state index is 0.0765. The van der Waals surface area contributed by atoms with Gasteiger partial charge in [-0.3, -0.25) is 14.9 Å². The van der Waals surface area contributed by atoms with Gasteiger partial charge in [0.2, 0.25) is 5.91 Å². The molecule has 0 heterocycles. The lowest BCUT2D eigenvalue weighted by atomic mass is 9.97. The zero-order valence-corrected chi connectivity index (χ0v) is 11.5. The van der Waals surface area contributed by atoms with Crippen LogP contribution in [0.2, 0.25) is 0 Å². The van der Waals surface area contributed by atoms with Crippen LogP contribution < -0.4 is 11.5 Å². The van der Waals surface area contributed by atoms with E-state index in [0.717, 1.165) is 17.1 Å². The average molecular weight is 283 g/mol. The molecule has 104 valence electrons. The first-order chi connectivity index (χ1) is 8.83. The highest BCUT2D eigenvalue weighted by atomic mass is 32.2. The van der Waals surface area contributed by atoms with Gasteiger partial charge in [-0.25, -0.2) is 0 Å². The number of nitrogens with zero attached hydrogens (tertiary/aromatic N) is 1. The van der Waals surface area contributed by atoms with Crippen molar-refractivity contribution in [2.24, 2.45) is 11.5 Å². The predicted molar refractivity (Wildman–Crippen MR) is 74.8 cm³/mol. The van der Waals surface area contributed by atoms with E-state index >= 15 is 0 Å². The number of carbonyl (C=O) groups excluding carboxylic acids is 1. The van der Waals surface area contributed by atoms with Crippen molar-refractivity contribution in [3.63, 3.8) is 0 Å². The van der Waals surface area contributed by atoms with E-state index in [9.17, 15) is 14.9 Å². The molecule has 6 nitrogen and oxygen atoms in total. The second-order valence-corrected chi connectivity index (χ2v) is 5.65. The monoisotopic (exact) mass is 283 g/mol. The van der Waals surface area contributed by atoms with Crippen LogP contribution in [0.15, 0.2) is 29.2 Å². The molecule has 19 heavy (non-hydrogen) atoms. The standard InChI is InChI=1S/C12H17N3O3S/c1-12(14,11(13)16)7-2-8-19-10-5-3-9(4-6-10)15(17)18/h3-6H,2,7-8,14H2,1H3,(H2,13,16). The van der Waals surface area contributed by atoms with Crippen LogP contribution in [0.5, 0.6) is 0 Å². The summed E-state index contributed by atoms with van der Waals surface area (Å²) >= 11 is 1.56. The molecule has 0 radical (unpaired) electrons. The first-order valence-corrected chi connectivity index (χ1v) is 6.77. The van der Waals surface area contributed by atoms with Crippen molar-refractivity contribution in [2.45, 2.75) is 30.2 Å². The molecule has 0 spiro atoms. The van der Waals surface area contributed by atoms with Gasteiger partial charge in [0.1, 0.15) is 0 Å². The summed E-state index contributed by atoms with van der Waals surface area (Å²) in [6.45, 7) is 1.62. The summed E-state index contributed by atoms with van der Waals surface area (Å²) in [5.41, 5.74) is 10.0. The largest absolute Gasteiger partial charge is 0.368 e. The van der Waals surface area contributed by atoms with Crippen LogP contribution in [0.4, 0.5) is 5.69 Å². The van der Waals surface area contributed by atoms with Gasteiger partial charge < -0.3 is 11.5 Å². The average Bonchev–Trinajstić information content (AvgIpc) is 2.35. The van der Waals surface area contributed by atoms with Gasteiger partial charge >= 0.3 is 0 Å². The number of hydrogen-bond acceptors (Lipinski definition) is 5.